The highest BCUT2D eigenvalue weighted by Crippen LogP contribution is 2.21. The molecule has 1 heterocycles. The zero-order valence-electron chi connectivity index (χ0n) is 13.8. The van der Waals surface area contributed by atoms with Gasteiger partial charge in [0.1, 0.15) is 5.75 Å². The predicted molar refractivity (Wildman–Crippen MR) is 88.8 cm³/mol. The van der Waals surface area contributed by atoms with Crippen LogP contribution in [-0.4, -0.2) is 37.7 Å². The van der Waals surface area contributed by atoms with Crippen LogP contribution in [0.4, 0.5) is 0 Å². The Hall–Kier alpha value is -1.06. The third-order valence-corrected chi connectivity index (χ3v) is 4.67. The first-order valence-corrected chi connectivity index (χ1v) is 8.31. The molecule has 0 amide bonds. The minimum Gasteiger partial charge on any atom is -0.497 e. The second-order valence-corrected chi connectivity index (χ2v) is 6.20. The number of benzene rings is 1. The Morgan fingerprint density at radius 3 is 2.48 bits per heavy atom. The summed E-state index contributed by atoms with van der Waals surface area (Å²) in [4.78, 5) is 2.60. The fraction of sp³-hybridized carbons (Fsp3) is 0.667. The van der Waals surface area contributed by atoms with Crippen molar-refractivity contribution in [1.29, 1.82) is 0 Å². The van der Waals surface area contributed by atoms with Gasteiger partial charge >= 0.3 is 0 Å². The summed E-state index contributed by atoms with van der Waals surface area (Å²) in [6, 6.07) is 8.94. The van der Waals surface area contributed by atoms with Crippen LogP contribution in [0, 0.1) is 5.92 Å². The van der Waals surface area contributed by atoms with Crippen LogP contribution in [-0.2, 0) is 6.54 Å². The zero-order chi connectivity index (χ0) is 15.1. The molecule has 1 unspecified atom stereocenters. The fourth-order valence-electron chi connectivity index (χ4n) is 3.18. The molecule has 1 fully saturated rings. The largest absolute Gasteiger partial charge is 0.497 e. The molecule has 118 valence electrons. The van der Waals surface area contributed by atoms with Crippen molar-refractivity contribution in [3.05, 3.63) is 29.8 Å². The molecule has 0 spiro atoms. The van der Waals surface area contributed by atoms with Crippen LogP contribution in [0.2, 0.25) is 0 Å². The molecule has 3 nitrogen and oxygen atoms in total. The molecule has 1 aliphatic heterocycles. The van der Waals surface area contributed by atoms with Crippen molar-refractivity contribution in [2.24, 2.45) is 5.92 Å². The highest BCUT2D eigenvalue weighted by molar-refractivity contribution is 5.27. The summed E-state index contributed by atoms with van der Waals surface area (Å²) in [5.74, 6) is 1.74. The van der Waals surface area contributed by atoms with Crippen molar-refractivity contribution in [1.82, 2.24) is 10.2 Å². The van der Waals surface area contributed by atoms with Crippen molar-refractivity contribution in [2.45, 2.75) is 45.7 Å². The van der Waals surface area contributed by atoms with E-state index in [9.17, 15) is 0 Å². The third kappa shape index (κ3) is 5.01. The molecule has 0 aliphatic carbocycles. The molecule has 1 atom stereocenters. The summed E-state index contributed by atoms with van der Waals surface area (Å²) in [5, 5.41) is 3.69. The molecule has 1 N–H and O–H groups in total. The maximum absolute atomic E-state index is 5.19. The number of hydrogen-bond acceptors (Lipinski definition) is 3. The molecular formula is C18H30N2O. The first kappa shape index (κ1) is 16.3. The van der Waals surface area contributed by atoms with Crippen molar-refractivity contribution in [3.63, 3.8) is 0 Å². The maximum Gasteiger partial charge on any atom is 0.118 e. The van der Waals surface area contributed by atoms with Crippen LogP contribution in [0.25, 0.3) is 0 Å². The van der Waals surface area contributed by atoms with E-state index in [1.807, 2.05) is 12.1 Å². The molecule has 21 heavy (non-hydrogen) atoms. The van der Waals surface area contributed by atoms with E-state index in [-0.39, 0.29) is 0 Å². The van der Waals surface area contributed by atoms with Gasteiger partial charge in [-0.25, -0.2) is 0 Å². The van der Waals surface area contributed by atoms with Crippen LogP contribution in [0.5, 0.6) is 5.75 Å². The van der Waals surface area contributed by atoms with Crippen LogP contribution in [0.1, 0.15) is 38.7 Å². The first-order chi connectivity index (χ1) is 10.2. The van der Waals surface area contributed by atoms with Crippen LogP contribution >= 0.6 is 0 Å². The van der Waals surface area contributed by atoms with Gasteiger partial charge in [0.25, 0.3) is 0 Å². The average Bonchev–Trinajstić information content (AvgIpc) is 2.54. The first-order valence-electron chi connectivity index (χ1n) is 8.31. The quantitative estimate of drug-likeness (QED) is 0.834. The van der Waals surface area contributed by atoms with Crippen molar-refractivity contribution < 1.29 is 4.74 Å². The highest BCUT2D eigenvalue weighted by atomic mass is 16.5. The van der Waals surface area contributed by atoms with Crippen LogP contribution in [0.15, 0.2) is 24.3 Å². The number of likely N-dealkylation sites (tertiary alicyclic amines) is 1. The Labute approximate surface area is 129 Å². The highest BCUT2D eigenvalue weighted by Gasteiger charge is 2.22. The van der Waals surface area contributed by atoms with Gasteiger partial charge < -0.3 is 15.0 Å². The van der Waals surface area contributed by atoms with Gasteiger partial charge in [-0.3, -0.25) is 0 Å². The van der Waals surface area contributed by atoms with E-state index in [1.165, 1.54) is 44.5 Å². The van der Waals surface area contributed by atoms with E-state index in [0.717, 1.165) is 18.2 Å². The average molecular weight is 290 g/mol. The number of ether oxygens (including phenoxy) is 1. The lowest BCUT2D eigenvalue weighted by Gasteiger charge is -2.35. The Bertz CT molecular complexity index is 396. The van der Waals surface area contributed by atoms with Crippen LogP contribution in [0.3, 0.4) is 0 Å². The summed E-state index contributed by atoms with van der Waals surface area (Å²) in [5.41, 5.74) is 1.33. The molecule has 3 heteroatoms. The molecule has 0 radical (unpaired) electrons. The van der Waals surface area contributed by atoms with Crippen molar-refractivity contribution in [2.75, 3.05) is 26.7 Å². The number of nitrogens with one attached hydrogen (secondary N) is 1. The summed E-state index contributed by atoms with van der Waals surface area (Å²) in [6.45, 7) is 9.36. The minimum absolute atomic E-state index is 0.593. The SMILES string of the molecule is CCCN1CCC(C(C)NCc2ccc(OC)cc2)CC1. The van der Waals surface area contributed by atoms with Gasteiger partial charge in [0.05, 0.1) is 7.11 Å². The standard InChI is InChI=1S/C18H30N2O/c1-4-11-20-12-9-17(10-13-20)15(2)19-14-16-5-7-18(21-3)8-6-16/h5-8,15,17,19H,4,9-14H2,1-3H3. The molecule has 1 aromatic carbocycles. The number of piperidine rings is 1. The lowest BCUT2D eigenvalue weighted by molar-refractivity contribution is 0.162. The summed E-state index contributed by atoms with van der Waals surface area (Å²) in [7, 11) is 1.71. The molecule has 0 saturated carbocycles. The zero-order valence-corrected chi connectivity index (χ0v) is 13.8. The summed E-state index contributed by atoms with van der Waals surface area (Å²) < 4.78 is 5.19. The lowest BCUT2D eigenvalue weighted by atomic mass is 9.90. The van der Waals surface area contributed by atoms with E-state index >= 15 is 0 Å². The predicted octanol–water partition coefficient (Wildman–Crippen LogP) is 3.30. The Morgan fingerprint density at radius 2 is 1.90 bits per heavy atom. The summed E-state index contributed by atoms with van der Waals surface area (Å²) in [6.07, 6.45) is 3.93. The van der Waals surface area contributed by atoms with Gasteiger partial charge in [0.2, 0.25) is 0 Å². The normalized spacial score (nSPS) is 18.6. The molecular weight excluding hydrogens is 260 g/mol. The van der Waals surface area contributed by atoms with Gasteiger partial charge in [0, 0.05) is 12.6 Å². The van der Waals surface area contributed by atoms with Gasteiger partial charge in [-0.2, -0.15) is 0 Å². The van der Waals surface area contributed by atoms with Crippen molar-refractivity contribution >= 4 is 0 Å². The number of methoxy groups -OCH3 is 1. The third-order valence-electron chi connectivity index (χ3n) is 4.67. The van der Waals surface area contributed by atoms with E-state index in [1.54, 1.807) is 7.11 Å². The Kier molecular flexibility index (Phi) is 6.52. The minimum atomic E-state index is 0.593. The van der Waals surface area contributed by atoms with E-state index in [2.05, 4.69) is 36.2 Å². The van der Waals surface area contributed by atoms with E-state index in [0.29, 0.717) is 6.04 Å². The van der Waals surface area contributed by atoms with Crippen LogP contribution < -0.4 is 10.1 Å². The van der Waals surface area contributed by atoms with Crippen molar-refractivity contribution in [3.8, 4) is 5.75 Å². The van der Waals surface area contributed by atoms with Gasteiger partial charge in [0.15, 0.2) is 0 Å². The fourth-order valence-corrected chi connectivity index (χ4v) is 3.18. The molecule has 2 rings (SSSR count). The van der Waals surface area contributed by atoms with Gasteiger partial charge in [-0.05, 0) is 69.4 Å². The number of hydrogen-bond donors (Lipinski definition) is 1. The molecule has 1 aromatic rings. The molecule has 1 aliphatic rings. The van der Waals surface area contributed by atoms with E-state index < -0.39 is 0 Å². The second kappa shape index (κ2) is 8.40. The summed E-state index contributed by atoms with van der Waals surface area (Å²) >= 11 is 0. The van der Waals surface area contributed by atoms with Gasteiger partial charge in [-0.1, -0.05) is 19.1 Å². The molecule has 0 aromatic heterocycles. The maximum atomic E-state index is 5.19. The monoisotopic (exact) mass is 290 g/mol. The van der Waals surface area contributed by atoms with E-state index in [4.69, 9.17) is 4.74 Å². The molecule has 1 saturated heterocycles. The second-order valence-electron chi connectivity index (χ2n) is 6.20. The van der Waals surface area contributed by atoms with Gasteiger partial charge in [-0.15, -0.1) is 0 Å². The Balaban J connectivity index is 1.73. The Morgan fingerprint density at radius 1 is 1.24 bits per heavy atom. The molecule has 0 bridgehead atoms. The number of rotatable bonds is 7. The smallest absolute Gasteiger partial charge is 0.118 e. The lowest BCUT2D eigenvalue weighted by Crippen LogP contribution is -2.41. The topological polar surface area (TPSA) is 24.5 Å². The number of nitrogens with zero attached hydrogens (tertiary/aromatic N) is 1.